The van der Waals surface area contributed by atoms with Crippen LogP contribution in [-0.2, 0) is 16.6 Å². The molecular weight excluding hydrogens is 291 g/mol. The smallest absolute Gasteiger partial charge is 0.243 e. The zero-order chi connectivity index (χ0) is 15.5. The van der Waals surface area contributed by atoms with Crippen LogP contribution in [-0.4, -0.2) is 26.8 Å². The number of nitrogens with one attached hydrogen (secondary N) is 1. The Morgan fingerprint density at radius 2 is 1.62 bits per heavy atom. The molecule has 112 valence electrons. The van der Waals surface area contributed by atoms with E-state index in [-0.39, 0.29) is 17.3 Å². The second-order valence-corrected chi connectivity index (χ2v) is 6.71. The van der Waals surface area contributed by atoms with E-state index in [0.29, 0.717) is 0 Å². The number of sulfonamides is 1. The van der Waals surface area contributed by atoms with Gasteiger partial charge in [-0.05, 0) is 42.0 Å². The highest BCUT2D eigenvalue weighted by molar-refractivity contribution is 7.89. The standard InChI is InChI=1S/C15H17FN2O2S/c1-17-14-7-9-15(10-8-14)21(19,20)18(2)11-12-3-5-13(16)6-4-12/h3-10,17H,11H2,1-2H3. The molecule has 0 bridgehead atoms. The van der Waals surface area contributed by atoms with Gasteiger partial charge in [-0.2, -0.15) is 4.31 Å². The summed E-state index contributed by atoms with van der Waals surface area (Å²) in [6, 6.07) is 12.3. The predicted octanol–water partition coefficient (Wildman–Crippen LogP) is 2.69. The van der Waals surface area contributed by atoms with E-state index in [0.717, 1.165) is 11.3 Å². The van der Waals surface area contributed by atoms with Crippen molar-refractivity contribution in [1.82, 2.24) is 4.31 Å². The summed E-state index contributed by atoms with van der Waals surface area (Å²) in [6.07, 6.45) is 0. The Morgan fingerprint density at radius 1 is 1.05 bits per heavy atom. The van der Waals surface area contributed by atoms with E-state index in [4.69, 9.17) is 0 Å². The third kappa shape index (κ3) is 3.59. The van der Waals surface area contributed by atoms with Crippen molar-refractivity contribution in [1.29, 1.82) is 0 Å². The lowest BCUT2D eigenvalue weighted by atomic mass is 10.2. The zero-order valence-electron chi connectivity index (χ0n) is 11.9. The van der Waals surface area contributed by atoms with Gasteiger partial charge < -0.3 is 5.32 Å². The minimum Gasteiger partial charge on any atom is -0.388 e. The molecule has 0 spiro atoms. The van der Waals surface area contributed by atoms with Gasteiger partial charge in [0.15, 0.2) is 0 Å². The van der Waals surface area contributed by atoms with Crippen LogP contribution in [0.15, 0.2) is 53.4 Å². The maximum atomic E-state index is 12.9. The van der Waals surface area contributed by atoms with E-state index < -0.39 is 10.0 Å². The summed E-state index contributed by atoms with van der Waals surface area (Å²) in [4.78, 5) is 0.228. The van der Waals surface area contributed by atoms with Gasteiger partial charge in [0.1, 0.15) is 5.82 Å². The topological polar surface area (TPSA) is 49.4 Å². The molecule has 0 radical (unpaired) electrons. The summed E-state index contributed by atoms with van der Waals surface area (Å²) in [5, 5.41) is 2.94. The molecule has 0 aromatic heterocycles. The van der Waals surface area contributed by atoms with Gasteiger partial charge in [0.25, 0.3) is 0 Å². The Hall–Kier alpha value is -1.92. The lowest BCUT2D eigenvalue weighted by Gasteiger charge is -2.17. The molecule has 0 atom stereocenters. The summed E-state index contributed by atoms with van der Waals surface area (Å²) in [6.45, 7) is 0.191. The molecule has 2 aromatic rings. The van der Waals surface area contributed by atoms with Crippen molar-refractivity contribution in [2.75, 3.05) is 19.4 Å². The first-order valence-corrected chi connectivity index (χ1v) is 7.86. The van der Waals surface area contributed by atoms with Crippen molar-refractivity contribution in [3.05, 3.63) is 59.9 Å². The molecular formula is C15H17FN2O2S. The van der Waals surface area contributed by atoms with Crippen molar-refractivity contribution in [2.24, 2.45) is 0 Å². The number of hydrogen-bond acceptors (Lipinski definition) is 3. The Labute approximate surface area is 124 Å². The van der Waals surface area contributed by atoms with Gasteiger partial charge in [-0.25, -0.2) is 12.8 Å². The van der Waals surface area contributed by atoms with Crippen LogP contribution in [0.5, 0.6) is 0 Å². The molecule has 0 unspecified atom stereocenters. The Bertz CT molecular complexity index is 697. The SMILES string of the molecule is CNc1ccc(S(=O)(=O)N(C)Cc2ccc(F)cc2)cc1. The molecule has 0 aliphatic heterocycles. The summed E-state index contributed by atoms with van der Waals surface area (Å²) >= 11 is 0. The second kappa shape index (κ2) is 6.24. The van der Waals surface area contributed by atoms with Gasteiger partial charge in [0.05, 0.1) is 4.90 Å². The van der Waals surface area contributed by atoms with Crippen molar-refractivity contribution < 1.29 is 12.8 Å². The lowest BCUT2D eigenvalue weighted by Crippen LogP contribution is -2.26. The molecule has 0 aliphatic carbocycles. The van der Waals surface area contributed by atoms with Gasteiger partial charge in [-0.1, -0.05) is 12.1 Å². The molecule has 0 aliphatic rings. The van der Waals surface area contributed by atoms with Crippen LogP contribution in [0.25, 0.3) is 0 Å². The fourth-order valence-corrected chi connectivity index (χ4v) is 3.06. The molecule has 0 saturated heterocycles. The Balaban J connectivity index is 2.19. The van der Waals surface area contributed by atoms with Gasteiger partial charge >= 0.3 is 0 Å². The minimum atomic E-state index is -3.56. The van der Waals surface area contributed by atoms with Gasteiger partial charge in [-0.3, -0.25) is 0 Å². The van der Waals surface area contributed by atoms with E-state index in [1.165, 1.54) is 23.5 Å². The normalized spacial score (nSPS) is 11.6. The van der Waals surface area contributed by atoms with E-state index in [9.17, 15) is 12.8 Å². The number of halogens is 1. The molecule has 0 fully saturated rings. The van der Waals surface area contributed by atoms with E-state index in [1.54, 1.807) is 43.4 Å². The maximum absolute atomic E-state index is 12.9. The van der Waals surface area contributed by atoms with Crippen LogP contribution in [0.3, 0.4) is 0 Å². The molecule has 6 heteroatoms. The van der Waals surface area contributed by atoms with Gasteiger partial charge in [0.2, 0.25) is 10.0 Å². The third-order valence-electron chi connectivity index (χ3n) is 3.17. The monoisotopic (exact) mass is 308 g/mol. The first-order chi connectivity index (χ1) is 9.93. The number of benzene rings is 2. The molecule has 2 aromatic carbocycles. The van der Waals surface area contributed by atoms with Crippen LogP contribution in [0, 0.1) is 5.82 Å². The predicted molar refractivity (Wildman–Crippen MR) is 81.0 cm³/mol. The first kappa shape index (κ1) is 15.5. The summed E-state index contributed by atoms with van der Waals surface area (Å²) in [5.41, 5.74) is 1.57. The fourth-order valence-electron chi connectivity index (χ4n) is 1.91. The zero-order valence-corrected chi connectivity index (χ0v) is 12.7. The summed E-state index contributed by atoms with van der Waals surface area (Å²) < 4.78 is 39.0. The summed E-state index contributed by atoms with van der Waals surface area (Å²) in [7, 11) is -0.288. The molecule has 0 amide bonds. The number of hydrogen-bond donors (Lipinski definition) is 1. The van der Waals surface area contributed by atoms with Gasteiger partial charge in [0, 0.05) is 26.3 Å². The maximum Gasteiger partial charge on any atom is 0.243 e. The first-order valence-electron chi connectivity index (χ1n) is 6.42. The Morgan fingerprint density at radius 3 is 2.14 bits per heavy atom. The van der Waals surface area contributed by atoms with Crippen molar-refractivity contribution in [3.8, 4) is 0 Å². The largest absolute Gasteiger partial charge is 0.388 e. The van der Waals surface area contributed by atoms with Crippen LogP contribution < -0.4 is 5.32 Å². The Kier molecular flexibility index (Phi) is 4.59. The third-order valence-corrected chi connectivity index (χ3v) is 4.99. The van der Waals surface area contributed by atoms with Crippen LogP contribution in [0.2, 0.25) is 0 Å². The molecule has 2 rings (SSSR count). The molecule has 0 heterocycles. The molecule has 1 N–H and O–H groups in total. The highest BCUT2D eigenvalue weighted by atomic mass is 32.2. The highest BCUT2D eigenvalue weighted by Gasteiger charge is 2.20. The van der Waals surface area contributed by atoms with Gasteiger partial charge in [-0.15, -0.1) is 0 Å². The van der Waals surface area contributed by atoms with E-state index >= 15 is 0 Å². The number of rotatable bonds is 5. The molecule has 0 saturated carbocycles. The quantitative estimate of drug-likeness (QED) is 0.924. The summed E-state index contributed by atoms with van der Waals surface area (Å²) in [5.74, 6) is -0.341. The second-order valence-electron chi connectivity index (χ2n) is 4.66. The van der Waals surface area contributed by atoms with Crippen LogP contribution in [0.4, 0.5) is 10.1 Å². The van der Waals surface area contributed by atoms with Crippen LogP contribution >= 0.6 is 0 Å². The lowest BCUT2D eigenvalue weighted by molar-refractivity contribution is 0.466. The fraction of sp³-hybridized carbons (Fsp3) is 0.200. The number of nitrogens with zero attached hydrogens (tertiary/aromatic N) is 1. The van der Waals surface area contributed by atoms with Crippen molar-refractivity contribution in [3.63, 3.8) is 0 Å². The average Bonchev–Trinajstić information content (AvgIpc) is 2.49. The van der Waals surface area contributed by atoms with E-state index in [2.05, 4.69) is 5.32 Å². The highest BCUT2D eigenvalue weighted by Crippen LogP contribution is 2.19. The van der Waals surface area contributed by atoms with Crippen molar-refractivity contribution >= 4 is 15.7 Å². The average molecular weight is 308 g/mol. The van der Waals surface area contributed by atoms with Crippen LogP contribution in [0.1, 0.15) is 5.56 Å². The molecule has 4 nitrogen and oxygen atoms in total. The number of anilines is 1. The van der Waals surface area contributed by atoms with Crippen molar-refractivity contribution in [2.45, 2.75) is 11.4 Å². The molecule has 21 heavy (non-hydrogen) atoms. The minimum absolute atomic E-state index is 0.191. The van der Waals surface area contributed by atoms with E-state index in [1.807, 2.05) is 0 Å².